The summed E-state index contributed by atoms with van der Waals surface area (Å²) in [4.78, 5) is 0. The average molecular weight is 164 g/mol. The molecule has 2 heteroatoms. The van der Waals surface area contributed by atoms with Gasteiger partial charge < -0.3 is 9.84 Å². The highest BCUT2D eigenvalue weighted by molar-refractivity contribution is 5.40. The van der Waals surface area contributed by atoms with Crippen molar-refractivity contribution in [2.45, 2.75) is 19.4 Å². The van der Waals surface area contributed by atoms with Crippen molar-refractivity contribution >= 4 is 0 Å². The minimum Gasteiger partial charge on any atom is -0.487 e. The molecule has 1 unspecified atom stereocenters. The molecule has 64 valence electrons. The molecule has 0 amide bonds. The number of rotatable bonds is 1. The van der Waals surface area contributed by atoms with Crippen LogP contribution in [0.15, 0.2) is 18.2 Å². The molecule has 1 N–H and O–H groups in total. The molecule has 1 aromatic rings. The maximum Gasteiger partial charge on any atom is 0.126 e. The predicted octanol–water partition coefficient (Wildman–Crippen LogP) is 1.29. The average Bonchev–Trinajstić information content (AvgIpc) is 2.46. The molecule has 0 radical (unpaired) electrons. The fourth-order valence-corrected chi connectivity index (χ4v) is 1.51. The SMILES string of the molecule is Cc1ccc2c(c1)OC(CO)C2. The van der Waals surface area contributed by atoms with E-state index in [9.17, 15) is 0 Å². The van der Waals surface area contributed by atoms with Gasteiger partial charge in [-0.2, -0.15) is 0 Å². The summed E-state index contributed by atoms with van der Waals surface area (Å²) in [6.07, 6.45) is 0.813. The van der Waals surface area contributed by atoms with Gasteiger partial charge in [0.15, 0.2) is 0 Å². The number of hydrogen-bond acceptors (Lipinski definition) is 2. The van der Waals surface area contributed by atoms with Crippen LogP contribution in [0.5, 0.6) is 5.75 Å². The van der Waals surface area contributed by atoms with E-state index in [0.717, 1.165) is 12.2 Å². The summed E-state index contributed by atoms with van der Waals surface area (Å²) in [5, 5.41) is 8.88. The van der Waals surface area contributed by atoms with Crippen molar-refractivity contribution in [2.24, 2.45) is 0 Å². The maximum atomic E-state index is 8.88. The minimum absolute atomic E-state index is 0.0261. The van der Waals surface area contributed by atoms with E-state index < -0.39 is 0 Å². The molecule has 0 bridgehead atoms. The van der Waals surface area contributed by atoms with Crippen LogP contribution in [-0.2, 0) is 6.42 Å². The second kappa shape index (κ2) is 2.79. The van der Waals surface area contributed by atoms with Crippen LogP contribution in [0, 0.1) is 6.92 Å². The van der Waals surface area contributed by atoms with Gasteiger partial charge >= 0.3 is 0 Å². The third-order valence-electron chi connectivity index (χ3n) is 2.17. The Balaban J connectivity index is 2.30. The lowest BCUT2D eigenvalue weighted by Crippen LogP contribution is -2.17. The van der Waals surface area contributed by atoms with Crippen molar-refractivity contribution in [2.75, 3.05) is 6.61 Å². The molecule has 0 fully saturated rings. The minimum atomic E-state index is -0.0261. The third kappa shape index (κ3) is 1.18. The molecule has 1 aliphatic rings. The van der Waals surface area contributed by atoms with Gasteiger partial charge in [-0.1, -0.05) is 12.1 Å². The summed E-state index contributed by atoms with van der Waals surface area (Å²) >= 11 is 0. The second-order valence-corrected chi connectivity index (χ2v) is 3.24. The summed E-state index contributed by atoms with van der Waals surface area (Å²) in [6.45, 7) is 2.14. The van der Waals surface area contributed by atoms with Crippen molar-refractivity contribution in [1.82, 2.24) is 0 Å². The van der Waals surface area contributed by atoms with Crippen molar-refractivity contribution in [3.8, 4) is 5.75 Å². The van der Waals surface area contributed by atoms with Gasteiger partial charge in [0.05, 0.1) is 6.61 Å². The van der Waals surface area contributed by atoms with E-state index >= 15 is 0 Å². The molecule has 0 aromatic heterocycles. The first-order valence-corrected chi connectivity index (χ1v) is 4.16. The van der Waals surface area contributed by atoms with E-state index in [0.29, 0.717) is 0 Å². The number of aryl methyl sites for hydroxylation is 1. The van der Waals surface area contributed by atoms with Crippen LogP contribution in [0.1, 0.15) is 11.1 Å². The predicted molar refractivity (Wildman–Crippen MR) is 46.4 cm³/mol. The van der Waals surface area contributed by atoms with Crippen LogP contribution < -0.4 is 4.74 Å². The van der Waals surface area contributed by atoms with Crippen LogP contribution >= 0.6 is 0 Å². The smallest absolute Gasteiger partial charge is 0.126 e. The molecule has 12 heavy (non-hydrogen) atoms. The maximum absolute atomic E-state index is 8.88. The zero-order chi connectivity index (χ0) is 8.55. The lowest BCUT2D eigenvalue weighted by molar-refractivity contribution is 0.134. The number of aliphatic hydroxyl groups excluding tert-OH is 1. The Labute approximate surface area is 71.8 Å². The van der Waals surface area contributed by atoms with Gasteiger partial charge in [-0.25, -0.2) is 0 Å². The van der Waals surface area contributed by atoms with E-state index in [1.807, 2.05) is 13.0 Å². The number of aliphatic hydroxyl groups is 1. The number of fused-ring (bicyclic) bond motifs is 1. The Morgan fingerprint density at radius 3 is 3.17 bits per heavy atom. The lowest BCUT2D eigenvalue weighted by atomic mass is 10.1. The van der Waals surface area contributed by atoms with Crippen LogP contribution in [0.25, 0.3) is 0 Å². The molecule has 1 heterocycles. The quantitative estimate of drug-likeness (QED) is 0.677. The fourth-order valence-electron chi connectivity index (χ4n) is 1.51. The van der Waals surface area contributed by atoms with Crippen molar-refractivity contribution in [3.63, 3.8) is 0 Å². The molecule has 0 aliphatic carbocycles. The second-order valence-electron chi connectivity index (χ2n) is 3.24. The highest BCUT2D eigenvalue weighted by atomic mass is 16.5. The summed E-state index contributed by atoms with van der Waals surface area (Å²) in [7, 11) is 0. The monoisotopic (exact) mass is 164 g/mol. The summed E-state index contributed by atoms with van der Waals surface area (Å²) in [5.41, 5.74) is 2.41. The Morgan fingerprint density at radius 1 is 1.58 bits per heavy atom. The molecule has 1 aliphatic heterocycles. The topological polar surface area (TPSA) is 29.5 Å². The molecule has 2 nitrogen and oxygen atoms in total. The Hall–Kier alpha value is -1.02. The van der Waals surface area contributed by atoms with Crippen LogP contribution in [-0.4, -0.2) is 17.8 Å². The summed E-state index contributed by atoms with van der Waals surface area (Å²) < 4.78 is 5.49. The van der Waals surface area contributed by atoms with Crippen molar-refractivity contribution in [1.29, 1.82) is 0 Å². The van der Waals surface area contributed by atoms with Crippen LogP contribution in [0.4, 0.5) is 0 Å². The Morgan fingerprint density at radius 2 is 2.42 bits per heavy atom. The van der Waals surface area contributed by atoms with E-state index in [1.54, 1.807) is 0 Å². The molecular formula is C10H12O2. The summed E-state index contributed by atoms with van der Waals surface area (Å²) in [6, 6.07) is 6.16. The first-order valence-electron chi connectivity index (χ1n) is 4.16. The number of benzene rings is 1. The van der Waals surface area contributed by atoms with Crippen molar-refractivity contribution < 1.29 is 9.84 Å². The highest BCUT2D eigenvalue weighted by Gasteiger charge is 2.21. The molecule has 1 atom stereocenters. The van der Waals surface area contributed by atoms with E-state index in [4.69, 9.17) is 9.84 Å². The van der Waals surface area contributed by atoms with Gasteiger partial charge in [0, 0.05) is 6.42 Å². The van der Waals surface area contributed by atoms with E-state index in [-0.39, 0.29) is 12.7 Å². The number of ether oxygens (including phenoxy) is 1. The largest absolute Gasteiger partial charge is 0.487 e. The molecule has 0 saturated heterocycles. The van der Waals surface area contributed by atoms with Gasteiger partial charge in [0.2, 0.25) is 0 Å². The Kier molecular flexibility index (Phi) is 1.77. The zero-order valence-corrected chi connectivity index (χ0v) is 7.08. The van der Waals surface area contributed by atoms with Crippen LogP contribution in [0.3, 0.4) is 0 Å². The lowest BCUT2D eigenvalue weighted by Gasteiger charge is -2.05. The molecule has 0 spiro atoms. The van der Waals surface area contributed by atoms with Crippen LogP contribution in [0.2, 0.25) is 0 Å². The first-order chi connectivity index (χ1) is 5.79. The van der Waals surface area contributed by atoms with Gasteiger partial charge in [0.1, 0.15) is 11.9 Å². The van der Waals surface area contributed by atoms with Crippen molar-refractivity contribution in [3.05, 3.63) is 29.3 Å². The normalized spacial score (nSPS) is 20.3. The van der Waals surface area contributed by atoms with Gasteiger partial charge in [0.25, 0.3) is 0 Å². The molecular weight excluding hydrogens is 152 g/mol. The van der Waals surface area contributed by atoms with E-state index in [1.165, 1.54) is 11.1 Å². The third-order valence-corrected chi connectivity index (χ3v) is 2.17. The number of hydrogen-bond donors (Lipinski definition) is 1. The highest BCUT2D eigenvalue weighted by Crippen LogP contribution is 2.29. The van der Waals surface area contributed by atoms with Gasteiger partial charge in [-0.15, -0.1) is 0 Å². The molecule has 1 aromatic carbocycles. The standard InChI is InChI=1S/C10H12O2/c1-7-2-3-8-5-9(6-11)12-10(8)4-7/h2-4,9,11H,5-6H2,1H3. The fraction of sp³-hybridized carbons (Fsp3) is 0.400. The van der Waals surface area contributed by atoms with Gasteiger partial charge in [-0.05, 0) is 24.1 Å². The molecule has 0 saturated carbocycles. The Bertz CT molecular complexity index is 294. The molecule has 2 rings (SSSR count). The summed E-state index contributed by atoms with van der Waals surface area (Å²) in [5.74, 6) is 0.939. The van der Waals surface area contributed by atoms with E-state index in [2.05, 4.69) is 12.1 Å². The first kappa shape index (κ1) is 7.62. The van der Waals surface area contributed by atoms with Gasteiger partial charge in [-0.3, -0.25) is 0 Å². The zero-order valence-electron chi connectivity index (χ0n) is 7.08.